The summed E-state index contributed by atoms with van der Waals surface area (Å²) >= 11 is 0. The fourth-order valence-electron chi connectivity index (χ4n) is 2.08. The third-order valence-corrected chi connectivity index (χ3v) is 3.37. The van der Waals surface area contributed by atoms with Gasteiger partial charge >= 0.3 is 6.03 Å². The number of hydrogen-bond acceptors (Lipinski definition) is 4. The van der Waals surface area contributed by atoms with Crippen molar-refractivity contribution in [2.75, 3.05) is 19.0 Å². The predicted molar refractivity (Wildman–Crippen MR) is 94.1 cm³/mol. The molecule has 0 atom stereocenters. The van der Waals surface area contributed by atoms with Crippen LogP contribution in [0, 0.1) is 0 Å². The summed E-state index contributed by atoms with van der Waals surface area (Å²) in [7, 11) is 1.61. The molecular weight excluding hydrogens is 322 g/mol. The number of nitrogens with one attached hydrogen (secondary N) is 2. The number of methoxy groups -OCH3 is 1. The lowest BCUT2D eigenvalue weighted by molar-refractivity contribution is -0.126. The Morgan fingerprint density at radius 3 is 2.24 bits per heavy atom. The smallest absolute Gasteiger partial charge is 0.316 e. The van der Waals surface area contributed by atoms with Crippen molar-refractivity contribution < 1.29 is 19.1 Å². The summed E-state index contributed by atoms with van der Waals surface area (Å²) in [5.41, 5.74) is 7.50. The number of carbonyl (C=O) groups excluding carboxylic acids is 2. The molecule has 2 rings (SSSR count). The fourth-order valence-corrected chi connectivity index (χ4v) is 2.08. The maximum Gasteiger partial charge on any atom is 0.316 e. The molecule has 0 fully saturated rings. The van der Waals surface area contributed by atoms with Gasteiger partial charge in [0.15, 0.2) is 0 Å². The van der Waals surface area contributed by atoms with Crippen LogP contribution in [0.5, 0.6) is 5.75 Å². The van der Waals surface area contributed by atoms with E-state index >= 15 is 0 Å². The second-order valence-corrected chi connectivity index (χ2v) is 5.30. The second-order valence-electron chi connectivity index (χ2n) is 5.30. The average molecular weight is 343 g/mol. The van der Waals surface area contributed by atoms with E-state index in [2.05, 4.69) is 10.6 Å². The van der Waals surface area contributed by atoms with Gasteiger partial charge in [-0.05, 0) is 35.4 Å². The molecule has 0 saturated heterocycles. The van der Waals surface area contributed by atoms with Gasteiger partial charge in [0, 0.05) is 12.2 Å². The van der Waals surface area contributed by atoms with Gasteiger partial charge in [0.25, 0.3) is 0 Å². The summed E-state index contributed by atoms with van der Waals surface area (Å²) in [6, 6.07) is 13.9. The number of benzene rings is 2. The lowest BCUT2D eigenvalue weighted by Crippen LogP contribution is -2.27. The second kappa shape index (κ2) is 9.29. The SMILES string of the molecule is COc1ccc(COCC(=O)NCc2ccc(NC(N)=O)cc2)cc1. The standard InChI is InChI=1S/C18H21N3O4/c1-24-16-8-4-14(5-9-16)11-25-12-17(22)20-10-13-2-6-15(7-3-13)21-18(19)23/h2-9H,10-12H2,1H3,(H,20,22)(H3,19,21,23). The minimum atomic E-state index is -0.616. The zero-order chi connectivity index (χ0) is 18.1. The van der Waals surface area contributed by atoms with Crippen LogP contribution in [0.4, 0.5) is 10.5 Å². The molecular formula is C18H21N3O4. The lowest BCUT2D eigenvalue weighted by Gasteiger charge is -2.08. The zero-order valence-corrected chi connectivity index (χ0v) is 14.0. The molecule has 7 nitrogen and oxygen atoms in total. The van der Waals surface area contributed by atoms with E-state index in [0.29, 0.717) is 18.8 Å². The fraction of sp³-hybridized carbons (Fsp3) is 0.222. The molecule has 0 saturated carbocycles. The van der Waals surface area contributed by atoms with Gasteiger partial charge in [-0.1, -0.05) is 24.3 Å². The van der Waals surface area contributed by atoms with E-state index in [9.17, 15) is 9.59 Å². The largest absolute Gasteiger partial charge is 0.497 e. The van der Waals surface area contributed by atoms with Crippen molar-refractivity contribution in [1.29, 1.82) is 0 Å². The maximum atomic E-state index is 11.8. The number of ether oxygens (including phenoxy) is 2. The van der Waals surface area contributed by atoms with E-state index in [1.54, 1.807) is 31.4 Å². The lowest BCUT2D eigenvalue weighted by atomic mass is 10.2. The predicted octanol–water partition coefficient (Wildman–Crippen LogP) is 2.02. The van der Waals surface area contributed by atoms with Gasteiger partial charge in [-0.25, -0.2) is 4.79 Å². The van der Waals surface area contributed by atoms with E-state index in [4.69, 9.17) is 15.2 Å². The summed E-state index contributed by atoms with van der Waals surface area (Å²) in [6.45, 7) is 0.708. The van der Waals surface area contributed by atoms with Crippen molar-refractivity contribution in [3.8, 4) is 5.75 Å². The van der Waals surface area contributed by atoms with Crippen LogP contribution < -0.4 is 21.1 Å². The zero-order valence-electron chi connectivity index (χ0n) is 14.0. The molecule has 4 N–H and O–H groups in total. The van der Waals surface area contributed by atoms with Gasteiger partial charge in [-0.2, -0.15) is 0 Å². The third kappa shape index (κ3) is 6.52. The van der Waals surface area contributed by atoms with Gasteiger partial charge in [-0.15, -0.1) is 0 Å². The van der Waals surface area contributed by atoms with Crippen molar-refractivity contribution in [3.05, 3.63) is 59.7 Å². The van der Waals surface area contributed by atoms with E-state index < -0.39 is 6.03 Å². The number of nitrogens with two attached hydrogens (primary N) is 1. The molecule has 25 heavy (non-hydrogen) atoms. The Bertz CT molecular complexity index is 699. The molecule has 2 aromatic rings. The first-order valence-electron chi connectivity index (χ1n) is 7.69. The van der Waals surface area contributed by atoms with Crippen molar-refractivity contribution in [2.24, 2.45) is 5.73 Å². The summed E-state index contributed by atoms with van der Waals surface area (Å²) in [5.74, 6) is 0.575. The normalized spacial score (nSPS) is 10.1. The Hall–Kier alpha value is -3.06. The van der Waals surface area contributed by atoms with Crippen LogP contribution in [-0.2, 0) is 22.7 Å². The Morgan fingerprint density at radius 1 is 1.00 bits per heavy atom. The monoisotopic (exact) mass is 343 g/mol. The molecule has 0 aliphatic heterocycles. The van der Waals surface area contributed by atoms with Crippen LogP contribution in [0.1, 0.15) is 11.1 Å². The molecule has 0 aliphatic rings. The quantitative estimate of drug-likeness (QED) is 0.682. The number of urea groups is 1. The van der Waals surface area contributed by atoms with E-state index in [0.717, 1.165) is 16.9 Å². The van der Waals surface area contributed by atoms with Crippen molar-refractivity contribution in [1.82, 2.24) is 5.32 Å². The average Bonchev–Trinajstić information content (AvgIpc) is 2.61. The minimum absolute atomic E-state index is 0.0205. The number of carbonyl (C=O) groups is 2. The molecule has 0 bridgehead atoms. The van der Waals surface area contributed by atoms with Crippen LogP contribution in [-0.4, -0.2) is 25.7 Å². The van der Waals surface area contributed by atoms with Crippen molar-refractivity contribution >= 4 is 17.6 Å². The maximum absolute atomic E-state index is 11.8. The first kappa shape index (κ1) is 18.3. The highest BCUT2D eigenvalue weighted by Gasteiger charge is 2.03. The molecule has 2 aromatic carbocycles. The van der Waals surface area contributed by atoms with Crippen LogP contribution >= 0.6 is 0 Å². The highest BCUT2D eigenvalue weighted by molar-refractivity contribution is 5.87. The summed E-state index contributed by atoms with van der Waals surface area (Å²) in [6.07, 6.45) is 0. The molecule has 0 unspecified atom stereocenters. The van der Waals surface area contributed by atoms with Gasteiger partial charge in [0.2, 0.25) is 5.91 Å². The number of primary amides is 1. The molecule has 0 heterocycles. The van der Waals surface area contributed by atoms with Crippen molar-refractivity contribution in [2.45, 2.75) is 13.2 Å². The molecule has 0 aliphatic carbocycles. The van der Waals surface area contributed by atoms with Gasteiger partial charge in [0.05, 0.1) is 13.7 Å². The van der Waals surface area contributed by atoms with Crippen LogP contribution in [0.25, 0.3) is 0 Å². The summed E-state index contributed by atoms with van der Waals surface area (Å²) in [4.78, 5) is 22.5. The third-order valence-electron chi connectivity index (χ3n) is 3.37. The van der Waals surface area contributed by atoms with Gasteiger partial charge < -0.3 is 25.8 Å². The minimum Gasteiger partial charge on any atom is -0.497 e. The molecule has 3 amide bonds. The first-order chi connectivity index (χ1) is 12.1. The van der Waals surface area contributed by atoms with Crippen LogP contribution in [0.2, 0.25) is 0 Å². The van der Waals surface area contributed by atoms with Crippen LogP contribution in [0.3, 0.4) is 0 Å². The Kier molecular flexibility index (Phi) is 6.79. The number of anilines is 1. The Morgan fingerprint density at radius 2 is 1.64 bits per heavy atom. The molecule has 0 aromatic heterocycles. The highest BCUT2D eigenvalue weighted by Crippen LogP contribution is 2.12. The van der Waals surface area contributed by atoms with Crippen LogP contribution in [0.15, 0.2) is 48.5 Å². The summed E-state index contributed by atoms with van der Waals surface area (Å²) < 4.78 is 10.5. The number of rotatable bonds is 8. The van der Waals surface area contributed by atoms with Gasteiger partial charge in [0.1, 0.15) is 12.4 Å². The number of amides is 3. The molecule has 7 heteroatoms. The first-order valence-corrected chi connectivity index (χ1v) is 7.69. The van der Waals surface area contributed by atoms with Crippen molar-refractivity contribution in [3.63, 3.8) is 0 Å². The van der Waals surface area contributed by atoms with E-state index in [1.165, 1.54) is 0 Å². The number of hydrogen-bond donors (Lipinski definition) is 3. The Labute approximate surface area is 146 Å². The topological polar surface area (TPSA) is 103 Å². The molecule has 0 spiro atoms. The van der Waals surface area contributed by atoms with Gasteiger partial charge in [-0.3, -0.25) is 4.79 Å². The molecule has 132 valence electrons. The molecule has 0 radical (unpaired) electrons. The summed E-state index contributed by atoms with van der Waals surface area (Å²) in [5, 5.41) is 5.24. The van der Waals surface area contributed by atoms with E-state index in [1.807, 2.05) is 24.3 Å². The van der Waals surface area contributed by atoms with E-state index in [-0.39, 0.29) is 12.5 Å². The Balaban J connectivity index is 1.68. The highest BCUT2D eigenvalue weighted by atomic mass is 16.5.